The van der Waals surface area contributed by atoms with E-state index in [0.29, 0.717) is 6.42 Å². The maximum absolute atomic E-state index is 11.5. The Balaban J connectivity index is 2.49. The fourth-order valence-corrected chi connectivity index (χ4v) is 3.08. The van der Waals surface area contributed by atoms with Crippen molar-refractivity contribution in [3.63, 3.8) is 0 Å². The summed E-state index contributed by atoms with van der Waals surface area (Å²) in [5.41, 5.74) is 0.0389. The molecule has 0 radical (unpaired) electrons. The van der Waals surface area contributed by atoms with Crippen LogP contribution >= 0.6 is 0 Å². The van der Waals surface area contributed by atoms with Crippen LogP contribution in [0.2, 0.25) is 0 Å². The maximum atomic E-state index is 11.5. The molecule has 0 amide bonds. The number of hydrogen-bond acceptors (Lipinski definition) is 2. The second-order valence-corrected chi connectivity index (χ2v) is 4.77. The number of carboxylic acid groups (broad SMARTS) is 1. The van der Waals surface area contributed by atoms with Gasteiger partial charge in [0.25, 0.3) is 0 Å². The van der Waals surface area contributed by atoms with Crippen LogP contribution in [-0.2, 0) is 10.3 Å². The molecule has 0 aliphatic carbocycles. The van der Waals surface area contributed by atoms with E-state index in [0.717, 1.165) is 18.5 Å². The number of benzene rings is 1. The van der Waals surface area contributed by atoms with Gasteiger partial charge in [-0.25, -0.2) is 0 Å². The molecule has 80 valence electrons. The van der Waals surface area contributed by atoms with E-state index in [9.17, 15) is 9.90 Å². The van der Waals surface area contributed by atoms with Crippen molar-refractivity contribution in [2.45, 2.75) is 18.4 Å². The minimum absolute atomic E-state index is 0.682. The summed E-state index contributed by atoms with van der Waals surface area (Å²) in [6.45, 7) is 0.821. The van der Waals surface area contributed by atoms with Gasteiger partial charge >= 0.3 is 96.8 Å². The average Bonchev–Trinajstić information content (AvgIpc) is 2.62. The van der Waals surface area contributed by atoms with Crippen LogP contribution in [0.1, 0.15) is 18.4 Å². The normalized spacial score (nSPS) is 26.7. The van der Waals surface area contributed by atoms with Crippen molar-refractivity contribution in [1.82, 2.24) is 3.92 Å². The molecule has 4 heteroatoms. The van der Waals surface area contributed by atoms with Crippen LogP contribution in [0.3, 0.4) is 0 Å². The quantitative estimate of drug-likeness (QED) is 0.811. The number of aliphatic carboxylic acids is 1. The summed E-state index contributed by atoms with van der Waals surface area (Å²) in [4.78, 5) is 11.5. The molecule has 2 rings (SSSR count). The van der Waals surface area contributed by atoms with Crippen molar-refractivity contribution in [3.8, 4) is 0 Å². The molecule has 1 N–H and O–H groups in total. The summed E-state index contributed by atoms with van der Waals surface area (Å²) in [6, 6.07) is 9.46. The zero-order valence-electron chi connectivity index (χ0n) is 8.26. The third-order valence-corrected chi connectivity index (χ3v) is 4.09. The number of rotatable bonds is 2. The monoisotopic (exact) mass is 271 g/mol. The van der Waals surface area contributed by atoms with E-state index in [-0.39, 0.29) is 0 Å². The van der Waals surface area contributed by atoms with Gasteiger partial charge in [0.05, 0.1) is 0 Å². The van der Waals surface area contributed by atoms with E-state index in [1.165, 1.54) is 0 Å². The van der Waals surface area contributed by atoms with E-state index in [1.54, 1.807) is 0 Å². The summed E-state index contributed by atoms with van der Waals surface area (Å²) in [5, 5.41) is 9.44. The first-order chi connectivity index (χ1) is 7.18. The van der Waals surface area contributed by atoms with Crippen LogP contribution in [0.15, 0.2) is 30.3 Å². The van der Waals surface area contributed by atoms with E-state index in [2.05, 4.69) is 16.2 Å². The molecule has 1 aliphatic heterocycles. The Morgan fingerprint density at radius 3 is 2.53 bits per heavy atom. The molecule has 1 aromatic rings. The first-order valence-electron chi connectivity index (χ1n) is 4.93. The first-order valence-corrected chi connectivity index (χ1v) is 5.77. The van der Waals surface area contributed by atoms with Gasteiger partial charge < -0.3 is 0 Å². The molecule has 0 saturated carbocycles. The van der Waals surface area contributed by atoms with Crippen LogP contribution in [0, 0.1) is 0 Å². The van der Waals surface area contributed by atoms with Gasteiger partial charge in [-0.05, 0) is 0 Å². The average molecular weight is 270 g/mol. The summed E-state index contributed by atoms with van der Waals surface area (Å²) < 4.78 is 1.87. The van der Waals surface area contributed by atoms with Crippen molar-refractivity contribution in [3.05, 3.63) is 35.9 Å². The standard InChI is InChI=1S/C11H13NO2Se/c13-10(14)11(7-4-8-12(11)15)9-5-2-1-3-6-9/h1-3,5-6,15H,4,7-8H2,(H,13,14)/t11-/m1/s1. The van der Waals surface area contributed by atoms with Crippen LogP contribution in [0.25, 0.3) is 0 Å². The summed E-state index contributed by atoms with van der Waals surface area (Å²) in [5.74, 6) is -0.758. The zero-order chi connectivity index (χ0) is 10.9. The molecule has 3 nitrogen and oxygen atoms in total. The molecule has 1 atom stereocenters. The molecule has 1 aliphatic rings. The summed E-state index contributed by atoms with van der Waals surface area (Å²) >= 11 is 2.37. The predicted molar refractivity (Wildman–Crippen MR) is 58.8 cm³/mol. The van der Waals surface area contributed by atoms with Gasteiger partial charge in [0.15, 0.2) is 0 Å². The fraction of sp³-hybridized carbons (Fsp3) is 0.364. The van der Waals surface area contributed by atoms with Crippen LogP contribution in [0.5, 0.6) is 0 Å². The second-order valence-electron chi connectivity index (χ2n) is 3.76. The zero-order valence-corrected chi connectivity index (χ0v) is 10.1. The fourth-order valence-electron chi connectivity index (χ4n) is 2.15. The van der Waals surface area contributed by atoms with Crippen LogP contribution < -0.4 is 0 Å². The van der Waals surface area contributed by atoms with Gasteiger partial charge in [-0.15, -0.1) is 0 Å². The van der Waals surface area contributed by atoms with Crippen molar-refractivity contribution in [2.24, 2.45) is 0 Å². The second kappa shape index (κ2) is 3.97. The van der Waals surface area contributed by atoms with Gasteiger partial charge in [0, 0.05) is 0 Å². The Morgan fingerprint density at radius 2 is 2.07 bits per heavy atom. The van der Waals surface area contributed by atoms with Gasteiger partial charge in [0.1, 0.15) is 0 Å². The summed E-state index contributed by atoms with van der Waals surface area (Å²) in [6.07, 6.45) is 1.61. The number of hydrogen-bond donors (Lipinski definition) is 1. The third kappa shape index (κ3) is 1.59. The van der Waals surface area contributed by atoms with Crippen molar-refractivity contribution in [2.75, 3.05) is 6.54 Å². The van der Waals surface area contributed by atoms with Crippen molar-refractivity contribution in [1.29, 1.82) is 0 Å². The SMILES string of the molecule is O=C(O)[C@]1(c2ccccc2)CCCN1[SeH]. The third-order valence-electron chi connectivity index (χ3n) is 2.95. The van der Waals surface area contributed by atoms with E-state index in [1.807, 2.05) is 34.2 Å². The molecule has 1 aromatic carbocycles. The molecule has 15 heavy (non-hydrogen) atoms. The Bertz CT molecular complexity index is 368. The van der Waals surface area contributed by atoms with Crippen LogP contribution in [-0.4, -0.2) is 37.8 Å². The Hall–Kier alpha value is -0.831. The van der Waals surface area contributed by atoms with E-state index >= 15 is 0 Å². The predicted octanol–water partition coefficient (Wildman–Crippen LogP) is 0.878. The van der Waals surface area contributed by atoms with E-state index in [4.69, 9.17) is 0 Å². The Labute approximate surface area is 97.1 Å². The number of nitrogens with zero attached hydrogens (tertiary/aromatic N) is 1. The molecular weight excluding hydrogens is 257 g/mol. The van der Waals surface area contributed by atoms with Crippen LogP contribution in [0.4, 0.5) is 0 Å². The summed E-state index contributed by atoms with van der Waals surface area (Å²) in [7, 11) is 0. The molecule has 1 saturated heterocycles. The number of carbonyl (C=O) groups is 1. The van der Waals surface area contributed by atoms with Gasteiger partial charge in [0.2, 0.25) is 0 Å². The molecule has 1 heterocycles. The van der Waals surface area contributed by atoms with Crippen molar-refractivity contribution < 1.29 is 9.90 Å². The molecule has 0 bridgehead atoms. The van der Waals surface area contributed by atoms with Crippen molar-refractivity contribution >= 4 is 22.2 Å². The minimum atomic E-state index is -0.832. The van der Waals surface area contributed by atoms with Gasteiger partial charge in [-0.2, -0.15) is 0 Å². The molecule has 0 unspecified atom stereocenters. The molecule has 0 aromatic heterocycles. The topological polar surface area (TPSA) is 40.5 Å². The van der Waals surface area contributed by atoms with Gasteiger partial charge in [-0.3, -0.25) is 0 Å². The number of carboxylic acids is 1. The molecule has 0 spiro atoms. The first kappa shape index (κ1) is 10.7. The van der Waals surface area contributed by atoms with E-state index < -0.39 is 11.5 Å². The van der Waals surface area contributed by atoms with Gasteiger partial charge in [-0.1, -0.05) is 0 Å². The molecular formula is C11H13NO2Se. The molecule has 1 fully saturated rings. The Kier molecular flexibility index (Phi) is 2.83. The Morgan fingerprint density at radius 1 is 1.40 bits per heavy atom.